The number of rotatable bonds is 4. The van der Waals surface area contributed by atoms with Gasteiger partial charge in [-0.2, -0.15) is 0 Å². The highest BCUT2D eigenvalue weighted by atomic mass is 16.5. The largest absolute Gasteiger partial charge is 0.467 e. The van der Waals surface area contributed by atoms with Gasteiger partial charge in [0.15, 0.2) is 0 Å². The van der Waals surface area contributed by atoms with Gasteiger partial charge >= 0.3 is 5.97 Å². The molecule has 1 amide bonds. The zero-order chi connectivity index (χ0) is 14.6. The summed E-state index contributed by atoms with van der Waals surface area (Å²) in [5, 5.41) is 2.72. The molecule has 1 aromatic carbocycles. The van der Waals surface area contributed by atoms with Crippen LogP contribution in [0.3, 0.4) is 0 Å². The number of nitrogens with one attached hydrogen (secondary N) is 1. The predicted molar refractivity (Wildman–Crippen MR) is 74.0 cm³/mol. The van der Waals surface area contributed by atoms with Gasteiger partial charge in [-0.1, -0.05) is 31.0 Å². The van der Waals surface area contributed by atoms with E-state index in [-0.39, 0.29) is 11.8 Å². The molecule has 0 fully saturated rings. The van der Waals surface area contributed by atoms with Gasteiger partial charge in [-0.15, -0.1) is 0 Å². The van der Waals surface area contributed by atoms with E-state index >= 15 is 0 Å². The van der Waals surface area contributed by atoms with Gasteiger partial charge in [-0.25, -0.2) is 4.79 Å². The molecular formula is C15H21NO3. The number of carbonyl (C=O) groups is 2. The summed E-state index contributed by atoms with van der Waals surface area (Å²) < 4.78 is 4.70. The first-order chi connectivity index (χ1) is 8.85. The Morgan fingerprint density at radius 1 is 1.11 bits per heavy atom. The number of aryl methyl sites for hydroxylation is 2. The highest BCUT2D eigenvalue weighted by Gasteiger charge is 2.25. The minimum atomic E-state index is -0.627. The van der Waals surface area contributed by atoms with E-state index in [0.717, 1.165) is 11.1 Å². The lowest BCUT2D eigenvalue weighted by atomic mass is 10.0. The Kier molecular flexibility index (Phi) is 5.10. The van der Waals surface area contributed by atoms with Crippen LogP contribution in [0.15, 0.2) is 18.2 Å². The molecule has 0 unspecified atom stereocenters. The third-order valence-electron chi connectivity index (χ3n) is 2.89. The highest BCUT2D eigenvalue weighted by molar-refractivity contribution is 5.97. The van der Waals surface area contributed by atoms with E-state index < -0.39 is 12.0 Å². The minimum absolute atomic E-state index is 0.0256. The maximum absolute atomic E-state index is 12.2. The van der Waals surface area contributed by atoms with Crippen LogP contribution >= 0.6 is 0 Å². The van der Waals surface area contributed by atoms with E-state index in [4.69, 9.17) is 4.74 Å². The molecule has 104 valence electrons. The second-order valence-corrected chi connectivity index (χ2v) is 5.09. The number of hydrogen-bond acceptors (Lipinski definition) is 3. The van der Waals surface area contributed by atoms with Crippen molar-refractivity contribution in [1.29, 1.82) is 0 Å². The summed E-state index contributed by atoms with van der Waals surface area (Å²) >= 11 is 0. The Labute approximate surface area is 114 Å². The number of carbonyl (C=O) groups excluding carboxylic acids is 2. The highest BCUT2D eigenvalue weighted by Crippen LogP contribution is 2.10. The molecule has 1 N–H and O–H groups in total. The number of methoxy groups -OCH3 is 1. The van der Waals surface area contributed by atoms with E-state index in [1.807, 2.05) is 33.8 Å². The van der Waals surface area contributed by atoms with Gasteiger partial charge < -0.3 is 10.1 Å². The van der Waals surface area contributed by atoms with Gasteiger partial charge in [0.25, 0.3) is 5.91 Å². The van der Waals surface area contributed by atoms with Crippen LogP contribution in [0.4, 0.5) is 0 Å². The van der Waals surface area contributed by atoms with E-state index in [0.29, 0.717) is 5.56 Å². The summed E-state index contributed by atoms with van der Waals surface area (Å²) in [7, 11) is 1.32. The lowest BCUT2D eigenvalue weighted by Crippen LogP contribution is -2.45. The Hall–Kier alpha value is -1.84. The van der Waals surface area contributed by atoms with Gasteiger partial charge in [0.2, 0.25) is 0 Å². The van der Waals surface area contributed by atoms with E-state index in [9.17, 15) is 9.59 Å². The van der Waals surface area contributed by atoms with Crippen LogP contribution < -0.4 is 5.32 Å². The topological polar surface area (TPSA) is 55.4 Å². The molecule has 0 heterocycles. The average molecular weight is 263 g/mol. The molecule has 0 aromatic heterocycles. The zero-order valence-corrected chi connectivity index (χ0v) is 12.1. The predicted octanol–water partition coefficient (Wildman–Crippen LogP) is 2.23. The van der Waals surface area contributed by atoms with Crippen LogP contribution in [0, 0.1) is 19.8 Å². The fraction of sp³-hybridized carbons (Fsp3) is 0.467. The summed E-state index contributed by atoms with van der Waals surface area (Å²) in [6.45, 7) is 7.60. The maximum atomic E-state index is 12.2. The second kappa shape index (κ2) is 6.36. The SMILES string of the molecule is COC(=O)[C@@H](NC(=O)c1cc(C)cc(C)c1)C(C)C. The molecule has 0 spiro atoms. The van der Waals surface area contributed by atoms with Crippen LogP contribution in [0.5, 0.6) is 0 Å². The van der Waals surface area contributed by atoms with E-state index in [1.165, 1.54) is 7.11 Å². The number of ether oxygens (including phenoxy) is 1. The first-order valence-electron chi connectivity index (χ1n) is 6.32. The third-order valence-corrected chi connectivity index (χ3v) is 2.89. The Balaban J connectivity index is 2.90. The number of benzene rings is 1. The first-order valence-corrected chi connectivity index (χ1v) is 6.32. The number of esters is 1. The summed E-state index contributed by atoms with van der Waals surface area (Å²) in [6, 6.07) is 4.98. The zero-order valence-electron chi connectivity index (χ0n) is 12.1. The van der Waals surface area contributed by atoms with Gasteiger partial charge in [0.05, 0.1) is 7.11 Å². The smallest absolute Gasteiger partial charge is 0.328 e. The molecule has 1 rings (SSSR count). The van der Waals surface area contributed by atoms with Gasteiger partial charge in [-0.3, -0.25) is 4.79 Å². The molecule has 1 aromatic rings. The van der Waals surface area contributed by atoms with Crippen molar-refractivity contribution in [2.75, 3.05) is 7.11 Å². The van der Waals surface area contributed by atoms with E-state index in [2.05, 4.69) is 5.32 Å². The van der Waals surface area contributed by atoms with Crippen LogP contribution in [0.25, 0.3) is 0 Å². The molecular weight excluding hydrogens is 242 g/mol. The lowest BCUT2D eigenvalue weighted by Gasteiger charge is -2.20. The molecule has 0 aliphatic rings. The first kappa shape index (κ1) is 15.2. The average Bonchev–Trinajstić information content (AvgIpc) is 2.33. The molecule has 4 heteroatoms. The second-order valence-electron chi connectivity index (χ2n) is 5.09. The van der Waals surface area contributed by atoms with Crippen molar-refractivity contribution in [3.05, 3.63) is 34.9 Å². The number of amides is 1. The molecule has 0 radical (unpaired) electrons. The minimum Gasteiger partial charge on any atom is -0.467 e. The van der Waals surface area contributed by atoms with Gasteiger partial charge in [0.1, 0.15) is 6.04 Å². The molecule has 0 aliphatic carbocycles. The Morgan fingerprint density at radius 3 is 2.05 bits per heavy atom. The Bertz CT molecular complexity index is 460. The van der Waals surface area contributed by atoms with Crippen molar-refractivity contribution in [2.45, 2.75) is 33.7 Å². The van der Waals surface area contributed by atoms with Crippen molar-refractivity contribution in [3.8, 4) is 0 Å². The maximum Gasteiger partial charge on any atom is 0.328 e. The number of hydrogen-bond donors (Lipinski definition) is 1. The quantitative estimate of drug-likeness (QED) is 0.847. The molecule has 0 bridgehead atoms. The van der Waals surface area contributed by atoms with Crippen molar-refractivity contribution in [3.63, 3.8) is 0 Å². The standard InChI is InChI=1S/C15H21NO3/c1-9(2)13(15(18)19-5)16-14(17)12-7-10(3)6-11(4)8-12/h6-9,13H,1-5H3,(H,16,17)/t13-/m0/s1. The molecule has 4 nitrogen and oxygen atoms in total. The summed E-state index contributed by atoms with van der Waals surface area (Å²) in [5.41, 5.74) is 2.60. The van der Waals surface area contributed by atoms with E-state index in [1.54, 1.807) is 12.1 Å². The summed E-state index contributed by atoms with van der Waals surface area (Å²) in [4.78, 5) is 23.8. The van der Waals surface area contributed by atoms with Crippen molar-refractivity contribution >= 4 is 11.9 Å². The van der Waals surface area contributed by atoms with Crippen LogP contribution in [-0.2, 0) is 9.53 Å². The molecule has 1 atom stereocenters. The fourth-order valence-electron chi connectivity index (χ4n) is 1.96. The Morgan fingerprint density at radius 2 is 1.63 bits per heavy atom. The summed E-state index contributed by atoms with van der Waals surface area (Å²) in [5.74, 6) is -0.703. The van der Waals surface area contributed by atoms with Crippen molar-refractivity contribution in [2.24, 2.45) is 5.92 Å². The monoisotopic (exact) mass is 263 g/mol. The van der Waals surface area contributed by atoms with Crippen molar-refractivity contribution < 1.29 is 14.3 Å². The fourth-order valence-corrected chi connectivity index (χ4v) is 1.96. The lowest BCUT2D eigenvalue weighted by molar-refractivity contribution is -0.144. The van der Waals surface area contributed by atoms with Crippen molar-refractivity contribution in [1.82, 2.24) is 5.32 Å². The normalized spacial score (nSPS) is 12.1. The van der Waals surface area contributed by atoms with Crippen LogP contribution in [0.2, 0.25) is 0 Å². The molecule has 0 saturated carbocycles. The van der Waals surface area contributed by atoms with Crippen LogP contribution in [-0.4, -0.2) is 25.0 Å². The third kappa shape index (κ3) is 4.09. The van der Waals surface area contributed by atoms with Gasteiger partial charge in [0, 0.05) is 5.56 Å². The molecule has 0 aliphatic heterocycles. The summed E-state index contributed by atoms with van der Waals surface area (Å²) in [6.07, 6.45) is 0. The van der Waals surface area contributed by atoms with Crippen LogP contribution in [0.1, 0.15) is 35.3 Å². The molecule has 0 saturated heterocycles. The van der Waals surface area contributed by atoms with Gasteiger partial charge in [-0.05, 0) is 31.9 Å². The molecule has 19 heavy (non-hydrogen) atoms.